The van der Waals surface area contributed by atoms with Gasteiger partial charge in [-0.15, -0.1) is 0 Å². The summed E-state index contributed by atoms with van der Waals surface area (Å²) >= 11 is 0. The number of hydrogen-bond donors (Lipinski definition) is 2. The van der Waals surface area contributed by atoms with Gasteiger partial charge in [-0.3, -0.25) is 9.78 Å². The molecule has 0 aliphatic rings. The van der Waals surface area contributed by atoms with Crippen molar-refractivity contribution in [2.24, 2.45) is 5.73 Å². The van der Waals surface area contributed by atoms with Crippen molar-refractivity contribution >= 4 is 5.78 Å². The van der Waals surface area contributed by atoms with Crippen LogP contribution in [-0.2, 0) is 11.2 Å². The molecule has 0 aliphatic carbocycles. The van der Waals surface area contributed by atoms with Gasteiger partial charge in [0, 0.05) is 17.4 Å². The highest BCUT2D eigenvalue weighted by Gasteiger charge is 2.24. The number of nitrogens with zero attached hydrogens (tertiary/aromatic N) is 1. The van der Waals surface area contributed by atoms with Crippen LogP contribution >= 0.6 is 0 Å². The Morgan fingerprint density at radius 3 is 2.59 bits per heavy atom. The molecule has 1 heterocycles. The van der Waals surface area contributed by atoms with Gasteiger partial charge in [0.1, 0.15) is 5.60 Å². The van der Waals surface area contributed by atoms with E-state index >= 15 is 0 Å². The van der Waals surface area contributed by atoms with E-state index in [9.17, 15) is 9.90 Å². The summed E-state index contributed by atoms with van der Waals surface area (Å²) in [4.78, 5) is 16.0. The van der Waals surface area contributed by atoms with E-state index in [1.54, 1.807) is 0 Å². The van der Waals surface area contributed by atoms with Gasteiger partial charge >= 0.3 is 0 Å². The molecule has 4 heteroatoms. The molecule has 1 atom stereocenters. The van der Waals surface area contributed by atoms with E-state index in [1.807, 2.05) is 26.0 Å². The maximum Gasteiger partial charge on any atom is 0.169 e. The van der Waals surface area contributed by atoms with Crippen LogP contribution in [0.3, 0.4) is 0 Å². The second-order valence-electron chi connectivity index (χ2n) is 4.98. The zero-order valence-corrected chi connectivity index (χ0v) is 10.8. The summed E-state index contributed by atoms with van der Waals surface area (Å²) in [5, 5.41) is 9.59. The summed E-state index contributed by atoms with van der Waals surface area (Å²) in [5.41, 5.74) is 6.93. The molecule has 0 saturated heterocycles. The number of hydrogen-bond acceptors (Lipinski definition) is 4. The average Bonchev–Trinajstić information content (AvgIpc) is 2.14. The van der Waals surface area contributed by atoms with Crippen LogP contribution in [0.4, 0.5) is 0 Å². The first kappa shape index (κ1) is 13.8. The number of carbonyl (C=O) groups is 1. The normalized spacial score (nSPS) is 13.5. The lowest BCUT2D eigenvalue weighted by Crippen LogP contribution is -2.32. The van der Waals surface area contributed by atoms with Gasteiger partial charge in [0.25, 0.3) is 0 Å². The number of Topliss-reactive ketones (excluding diaryl/α,β-unsaturated/α-hetero) is 1. The molecular formula is C13H20N2O2. The Hall–Kier alpha value is -1.26. The van der Waals surface area contributed by atoms with Gasteiger partial charge in [-0.25, -0.2) is 0 Å². The van der Waals surface area contributed by atoms with E-state index in [2.05, 4.69) is 4.98 Å². The minimum absolute atomic E-state index is 0.0901. The van der Waals surface area contributed by atoms with Crippen molar-refractivity contribution in [1.82, 2.24) is 4.98 Å². The van der Waals surface area contributed by atoms with Gasteiger partial charge in [0.2, 0.25) is 0 Å². The smallest absolute Gasteiger partial charge is 0.169 e. The number of pyridine rings is 1. The van der Waals surface area contributed by atoms with Crippen molar-refractivity contribution in [3.05, 3.63) is 29.1 Å². The molecule has 1 aromatic heterocycles. The predicted octanol–water partition coefficient (Wildman–Crippen LogP) is 1.29. The van der Waals surface area contributed by atoms with Gasteiger partial charge in [-0.05, 0) is 45.4 Å². The second kappa shape index (κ2) is 4.94. The standard InChI is InChI=1S/C13H20N2O2/c1-8-5-10(9(2)14)6-11(15-8)7-12(16)13(3,4)17/h5-6,9,17H,7,14H2,1-4H3. The molecule has 17 heavy (non-hydrogen) atoms. The molecule has 1 aromatic rings. The fraction of sp³-hybridized carbons (Fsp3) is 0.538. The Bertz CT molecular complexity index is 420. The number of aliphatic hydroxyl groups is 1. The summed E-state index contributed by atoms with van der Waals surface area (Å²) < 4.78 is 0. The van der Waals surface area contributed by atoms with Crippen LogP contribution in [0.5, 0.6) is 0 Å². The van der Waals surface area contributed by atoms with E-state index in [0.717, 1.165) is 11.3 Å². The molecule has 1 rings (SSSR count). The van der Waals surface area contributed by atoms with Crippen LogP contribution in [0.2, 0.25) is 0 Å². The molecule has 0 amide bonds. The first-order valence-electron chi connectivity index (χ1n) is 5.69. The number of rotatable bonds is 4. The highest BCUT2D eigenvalue weighted by atomic mass is 16.3. The Balaban J connectivity index is 2.96. The molecule has 0 bridgehead atoms. The lowest BCUT2D eigenvalue weighted by Gasteiger charge is -2.16. The predicted molar refractivity (Wildman–Crippen MR) is 66.6 cm³/mol. The number of aromatic nitrogens is 1. The number of ketones is 1. The quantitative estimate of drug-likeness (QED) is 0.826. The number of carbonyl (C=O) groups excluding carboxylic acids is 1. The Morgan fingerprint density at radius 1 is 1.53 bits per heavy atom. The van der Waals surface area contributed by atoms with Crippen LogP contribution < -0.4 is 5.73 Å². The van der Waals surface area contributed by atoms with E-state index in [4.69, 9.17) is 5.73 Å². The van der Waals surface area contributed by atoms with E-state index < -0.39 is 5.60 Å². The van der Waals surface area contributed by atoms with Gasteiger partial charge in [-0.1, -0.05) is 0 Å². The molecule has 3 N–H and O–H groups in total. The summed E-state index contributed by atoms with van der Waals surface area (Å²) in [6.07, 6.45) is 0.130. The number of aryl methyl sites for hydroxylation is 1. The van der Waals surface area contributed by atoms with E-state index in [1.165, 1.54) is 13.8 Å². The molecular weight excluding hydrogens is 216 g/mol. The average molecular weight is 236 g/mol. The Morgan fingerprint density at radius 2 is 2.12 bits per heavy atom. The third kappa shape index (κ3) is 3.91. The lowest BCUT2D eigenvalue weighted by atomic mass is 9.98. The third-order valence-corrected chi connectivity index (χ3v) is 2.58. The van der Waals surface area contributed by atoms with Crippen molar-refractivity contribution in [1.29, 1.82) is 0 Å². The fourth-order valence-corrected chi connectivity index (χ4v) is 1.50. The fourth-order valence-electron chi connectivity index (χ4n) is 1.50. The van der Waals surface area contributed by atoms with Crippen LogP contribution in [0.1, 0.15) is 43.8 Å². The molecule has 94 valence electrons. The van der Waals surface area contributed by atoms with Gasteiger partial charge < -0.3 is 10.8 Å². The van der Waals surface area contributed by atoms with E-state index in [-0.39, 0.29) is 18.2 Å². The third-order valence-electron chi connectivity index (χ3n) is 2.58. The molecule has 0 aliphatic heterocycles. The summed E-state index contributed by atoms with van der Waals surface area (Å²) in [6, 6.07) is 3.64. The van der Waals surface area contributed by atoms with Crippen LogP contribution in [0.25, 0.3) is 0 Å². The van der Waals surface area contributed by atoms with Crippen LogP contribution in [-0.4, -0.2) is 21.5 Å². The second-order valence-corrected chi connectivity index (χ2v) is 4.98. The van der Waals surface area contributed by atoms with Crippen molar-refractivity contribution in [2.75, 3.05) is 0 Å². The highest BCUT2D eigenvalue weighted by molar-refractivity contribution is 5.87. The van der Waals surface area contributed by atoms with E-state index in [0.29, 0.717) is 5.69 Å². The summed E-state index contributed by atoms with van der Waals surface area (Å²) in [6.45, 7) is 6.72. The zero-order valence-electron chi connectivity index (χ0n) is 10.8. The minimum atomic E-state index is -1.32. The van der Waals surface area contributed by atoms with Crippen molar-refractivity contribution in [3.8, 4) is 0 Å². The van der Waals surface area contributed by atoms with Crippen molar-refractivity contribution < 1.29 is 9.90 Å². The van der Waals surface area contributed by atoms with Crippen LogP contribution in [0, 0.1) is 6.92 Å². The Kier molecular flexibility index (Phi) is 4.01. The highest BCUT2D eigenvalue weighted by Crippen LogP contribution is 2.15. The maximum atomic E-state index is 11.7. The summed E-state index contributed by atoms with van der Waals surface area (Å²) in [5.74, 6) is -0.244. The first-order valence-corrected chi connectivity index (χ1v) is 5.69. The molecule has 0 fully saturated rings. The lowest BCUT2D eigenvalue weighted by molar-refractivity contribution is -0.133. The van der Waals surface area contributed by atoms with Crippen molar-refractivity contribution in [3.63, 3.8) is 0 Å². The minimum Gasteiger partial charge on any atom is -0.383 e. The number of nitrogens with two attached hydrogens (primary N) is 1. The molecule has 0 saturated carbocycles. The summed E-state index contributed by atoms with van der Waals surface area (Å²) in [7, 11) is 0. The Labute approximate surface area is 102 Å². The monoisotopic (exact) mass is 236 g/mol. The maximum absolute atomic E-state index is 11.7. The van der Waals surface area contributed by atoms with Crippen LogP contribution in [0.15, 0.2) is 12.1 Å². The van der Waals surface area contributed by atoms with Gasteiger partial charge in [-0.2, -0.15) is 0 Å². The van der Waals surface area contributed by atoms with Gasteiger partial charge in [0.15, 0.2) is 5.78 Å². The molecule has 4 nitrogen and oxygen atoms in total. The van der Waals surface area contributed by atoms with Crippen molar-refractivity contribution in [2.45, 2.75) is 45.8 Å². The topological polar surface area (TPSA) is 76.2 Å². The molecule has 0 radical (unpaired) electrons. The molecule has 0 spiro atoms. The largest absolute Gasteiger partial charge is 0.383 e. The first-order chi connectivity index (χ1) is 7.70. The molecule has 1 unspecified atom stereocenters. The molecule has 0 aromatic carbocycles. The van der Waals surface area contributed by atoms with Gasteiger partial charge in [0.05, 0.1) is 6.42 Å². The zero-order chi connectivity index (χ0) is 13.2. The SMILES string of the molecule is Cc1cc(C(C)N)cc(CC(=O)C(C)(C)O)n1.